The topological polar surface area (TPSA) is 96.6 Å². The Balaban J connectivity index is 3.07. The molecule has 0 saturated carbocycles. The van der Waals surface area contributed by atoms with Gasteiger partial charge in [0.25, 0.3) is 0 Å². The quantitative estimate of drug-likeness (QED) is 0.855. The third-order valence-electron chi connectivity index (χ3n) is 1.83. The molecule has 17 heavy (non-hydrogen) atoms. The van der Waals surface area contributed by atoms with E-state index in [2.05, 4.69) is 27.2 Å². The van der Waals surface area contributed by atoms with Gasteiger partial charge in [-0.25, -0.2) is 17.9 Å². The van der Waals surface area contributed by atoms with Crippen molar-refractivity contribution in [1.29, 1.82) is 0 Å². The van der Waals surface area contributed by atoms with E-state index in [0.29, 0.717) is 4.48 Å². The Morgan fingerprint density at radius 3 is 2.65 bits per heavy atom. The Kier molecular flexibility index (Phi) is 4.12. The molecule has 0 radical (unpaired) electrons. The van der Waals surface area contributed by atoms with Gasteiger partial charge in [0.05, 0.1) is 0 Å². The fourth-order valence-electron chi connectivity index (χ4n) is 1.09. The number of nitrogens with one attached hydrogen (secondary N) is 1. The summed E-state index contributed by atoms with van der Waals surface area (Å²) in [6, 6.07) is 0.969. The predicted octanol–water partition coefficient (Wildman–Crippen LogP) is 1.47. The molecule has 0 fully saturated rings. The number of furan rings is 1. The number of carboxylic acids is 1. The van der Waals surface area contributed by atoms with Crippen molar-refractivity contribution < 1.29 is 22.7 Å². The highest BCUT2D eigenvalue weighted by molar-refractivity contribution is 9.11. The van der Waals surface area contributed by atoms with Crippen molar-refractivity contribution in [3.05, 3.63) is 28.6 Å². The van der Waals surface area contributed by atoms with Gasteiger partial charge in [-0.15, -0.1) is 0 Å². The van der Waals surface area contributed by atoms with E-state index in [1.807, 2.05) is 0 Å². The summed E-state index contributed by atoms with van der Waals surface area (Å²) in [5, 5.41) is 8.68. The van der Waals surface area contributed by atoms with Crippen LogP contribution in [0.1, 0.15) is 16.3 Å². The molecule has 0 aliphatic rings. The fraction of sp³-hybridized carbons (Fsp3) is 0.222. The van der Waals surface area contributed by atoms with Gasteiger partial charge in [-0.2, -0.15) is 0 Å². The van der Waals surface area contributed by atoms with Crippen LogP contribution in [0.5, 0.6) is 0 Å². The molecule has 0 saturated heterocycles. The summed E-state index contributed by atoms with van der Waals surface area (Å²) in [4.78, 5) is 10.4. The molecule has 0 aliphatic heterocycles. The molecule has 94 valence electrons. The van der Waals surface area contributed by atoms with Crippen molar-refractivity contribution in [2.75, 3.05) is 6.54 Å². The lowest BCUT2D eigenvalue weighted by Crippen LogP contribution is -2.24. The van der Waals surface area contributed by atoms with E-state index >= 15 is 0 Å². The molecule has 2 N–H and O–H groups in total. The van der Waals surface area contributed by atoms with Gasteiger partial charge in [0.1, 0.15) is 10.7 Å². The Morgan fingerprint density at radius 2 is 2.24 bits per heavy atom. The van der Waals surface area contributed by atoms with E-state index in [1.54, 1.807) is 0 Å². The molecule has 0 spiro atoms. The van der Waals surface area contributed by atoms with E-state index in [4.69, 9.17) is 9.52 Å². The monoisotopic (exact) mass is 323 g/mol. The van der Waals surface area contributed by atoms with Crippen LogP contribution in [0, 0.1) is 6.92 Å². The molecule has 1 aromatic heterocycles. The minimum atomic E-state index is -3.80. The summed E-state index contributed by atoms with van der Waals surface area (Å²) in [7, 11) is -3.80. The molecular weight excluding hydrogens is 314 g/mol. The highest BCUT2D eigenvalue weighted by atomic mass is 79.9. The maximum absolute atomic E-state index is 11.8. The molecule has 1 rings (SSSR count). The van der Waals surface area contributed by atoms with Gasteiger partial charge < -0.3 is 9.52 Å². The third-order valence-corrected chi connectivity index (χ3v) is 3.62. The van der Waals surface area contributed by atoms with Gasteiger partial charge in [-0.05, 0) is 6.92 Å². The summed E-state index contributed by atoms with van der Waals surface area (Å²) in [6.07, 6.45) is 0. The van der Waals surface area contributed by atoms with E-state index in [0.717, 1.165) is 6.07 Å². The first kappa shape index (κ1) is 13.9. The Morgan fingerprint density at radius 1 is 1.65 bits per heavy atom. The Labute approximate surface area is 106 Å². The third kappa shape index (κ3) is 3.42. The summed E-state index contributed by atoms with van der Waals surface area (Å²) < 4.78 is 31.1. The van der Waals surface area contributed by atoms with Gasteiger partial charge in [-0.3, -0.25) is 0 Å². The summed E-state index contributed by atoms with van der Waals surface area (Å²) in [6.45, 7) is 4.87. The average Bonchev–Trinajstić information content (AvgIpc) is 2.58. The van der Waals surface area contributed by atoms with Crippen molar-refractivity contribution in [2.45, 2.75) is 11.8 Å². The van der Waals surface area contributed by atoms with E-state index < -0.39 is 21.8 Å². The molecule has 0 bridgehead atoms. The Bertz CT molecular complexity index is 560. The number of aromatic carboxylic acids is 1. The van der Waals surface area contributed by atoms with Crippen LogP contribution in [0.25, 0.3) is 0 Å². The van der Waals surface area contributed by atoms with Crippen LogP contribution in [-0.4, -0.2) is 26.0 Å². The van der Waals surface area contributed by atoms with Crippen LogP contribution in [0.4, 0.5) is 0 Å². The summed E-state index contributed by atoms with van der Waals surface area (Å²) in [5.41, 5.74) is 0. The zero-order valence-electron chi connectivity index (χ0n) is 8.86. The highest BCUT2D eigenvalue weighted by Gasteiger charge is 2.23. The Hall–Kier alpha value is -1.12. The number of hydrogen-bond acceptors (Lipinski definition) is 4. The minimum Gasteiger partial charge on any atom is -0.475 e. The van der Waals surface area contributed by atoms with Crippen LogP contribution in [0.2, 0.25) is 0 Å². The second-order valence-electron chi connectivity index (χ2n) is 3.18. The molecule has 0 aromatic carbocycles. The lowest BCUT2D eigenvalue weighted by atomic mass is 10.4. The molecule has 0 unspecified atom stereocenters. The zero-order valence-corrected chi connectivity index (χ0v) is 11.3. The van der Waals surface area contributed by atoms with Crippen molar-refractivity contribution in [3.8, 4) is 0 Å². The van der Waals surface area contributed by atoms with Gasteiger partial charge in [-0.1, -0.05) is 22.5 Å². The van der Waals surface area contributed by atoms with Crippen molar-refractivity contribution in [2.24, 2.45) is 0 Å². The number of sulfonamides is 1. The normalized spacial score (nSPS) is 11.4. The van der Waals surface area contributed by atoms with E-state index in [1.165, 1.54) is 6.92 Å². The second-order valence-corrected chi connectivity index (χ2v) is 6.03. The number of hydrogen-bond donors (Lipinski definition) is 2. The maximum Gasteiger partial charge on any atom is 0.371 e. The number of carbonyl (C=O) groups is 1. The molecular formula is C9H10BrNO5S. The SMILES string of the molecule is C=C(Br)CNS(=O)(=O)c1cc(C(=O)O)oc1C. The number of carboxylic acid groups (broad SMARTS) is 1. The number of halogens is 1. The zero-order chi connectivity index (χ0) is 13.2. The summed E-state index contributed by atoms with van der Waals surface area (Å²) >= 11 is 3.01. The molecule has 0 amide bonds. The smallest absolute Gasteiger partial charge is 0.371 e. The number of aryl methyl sites for hydroxylation is 1. The number of rotatable bonds is 5. The minimum absolute atomic E-state index is 0.00928. The molecule has 0 atom stereocenters. The average molecular weight is 324 g/mol. The van der Waals surface area contributed by atoms with Crippen molar-refractivity contribution >= 4 is 31.9 Å². The lowest BCUT2D eigenvalue weighted by Gasteiger charge is -2.03. The maximum atomic E-state index is 11.8. The molecule has 8 heteroatoms. The first-order chi connectivity index (χ1) is 7.74. The van der Waals surface area contributed by atoms with Gasteiger partial charge in [0.2, 0.25) is 15.8 Å². The van der Waals surface area contributed by atoms with Crippen LogP contribution in [-0.2, 0) is 10.0 Å². The van der Waals surface area contributed by atoms with Crippen LogP contribution in [0.15, 0.2) is 26.4 Å². The highest BCUT2D eigenvalue weighted by Crippen LogP contribution is 2.20. The van der Waals surface area contributed by atoms with Crippen LogP contribution >= 0.6 is 15.9 Å². The van der Waals surface area contributed by atoms with E-state index in [9.17, 15) is 13.2 Å². The van der Waals surface area contributed by atoms with Gasteiger partial charge in [0.15, 0.2) is 0 Å². The molecule has 0 aliphatic carbocycles. The largest absolute Gasteiger partial charge is 0.475 e. The summed E-state index contributed by atoms with van der Waals surface area (Å²) in [5.74, 6) is -1.71. The first-order valence-electron chi connectivity index (χ1n) is 4.40. The van der Waals surface area contributed by atoms with Crippen molar-refractivity contribution in [1.82, 2.24) is 4.72 Å². The molecule has 1 heterocycles. The van der Waals surface area contributed by atoms with E-state index in [-0.39, 0.29) is 17.2 Å². The lowest BCUT2D eigenvalue weighted by molar-refractivity contribution is 0.0661. The van der Waals surface area contributed by atoms with Gasteiger partial charge in [0, 0.05) is 17.1 Å². The predicted molar refractivity (Wildman–Crippen MR) is 63.7 cm³/mol. The second kappa shape index (κ2) is 5.03. The fourth-order valence-corrected chi connectivity index (χ4v) is 2.62. The standard InChI is InChI=1S/C9H10BrNO5S/c1-5(10)4-11-17(14,15)8-3-7(9(12)13)16-6(8)2/h3,11H,1,4H2,2H3,(H,12,13). The van der Waals surface area contributed by atoms with Crippen LogP contribution < -0.4 is 4.72 Å². The van der Waals surface area contributed by atoms with Crippen LogP contribution in [0.3, 0.4) is 0 Å². The molecule has 6 nitrogen and oxygen atoms in total. The first-order valence-corrected chi connectivity index (χ1v) is 6.68. The molecule has 1 aromatic rings. The van der Waals surface area contributed by atoms with Crippen molar-refractivity contribution in [3.63, 3.8) is 0 Å². The van der Waals surface area contributed by atoms with Gasteiger partial charge >= 0.3 is 5.97 Å².